The van der Waals surface area contributed by atoms with Crippen molar-refractivity contribution in [3.05, 3.63) is 0 Å². The van der Waals surface area contributed by atoms with E-state index in [1.807, 2.05) is 0 Å². The Kier molecular flexibility index (Phi) is 2.86. The average molecular weight is 146 g/mol. The summed E-state index contributed by atoms with van der Waals surface area (Å²) in [6.45, 7) is 0.375. The predicted octanol–water partition coefficient (Wildman–Crippen LogP) is 1.47. The van der Waals surface area contributed by atoms with Gasteiger partial charge in [0.2, 0.25) is 0 Å². The number of hydrogen-bond acceptors (Lipinski definition) is 2. The topological polar surface area (TPSA) is 20.2 Å². The second kappa shape index (κ2) is 3.47. The molecule has 1 rings (SSSR count). The number of aliphatic hydroxyl groups is 1. The zero-order chi connectivity index (χ0) is 6.69. The van der Waals surface area contributed by atoms with Crippen LogP contribution in [-0.2, 0) is 0 Å². The summed E-state index contributed by atoms with van der Waals surface area (Å²) in [5.74, 6) is 0.577. The molecule has 1 N–H and O–H groups in total. The molecule has 0 saturated heterocycles. The SMILES string of the molecule is OCC1CCC(S)CC1. The van der Waals surface area contributed by atoms with E-state index in [0.717, 1.165) is 0 Å². The van der Waals surface area contributed by atoms with Gasteiger partial charge in [-0.05, 0) is 31.6 Å². The van der Waals surface area contributed by atoms with E-state index in [9.17, 15) is 0 Å². The third-order valence-corrected chi connectivity index (χ3v) is 2.59. The van der Waals surface area contributed by atoms with Crippen LogP contribution in [0.25, 0.3) is 0 Å². The monoisotopic (exact) mass is 146 g/mol. The van der Waals surface area contributed by atoms with Gasteiger partial charge in [0, 0.05) is 11.9 Å². The van der Waals surface area contributed by atoms with Crippen LogP contribution < -0.4 is 0 Å². The fraction of sp³-hybridized carbons (Fsp3) is 1.00. The smallest absolute Gasteiger partial charge is 0.0459 e. The summed E-state index contributed by atoms with van der Waals surface area (Å²) in [6.07, 6.45) is 4.72. The van der Waals surface area contributed by atoms with Crippen molar-refractivity contribution in [2.24, 2.45) is 5.92 Å². The first kappa shape index (κ1) is 7.42. The van der Waals surface area contributed by atoms with Crippen LogP contribution in [0.4, 0.5) is 0 Å². The number of thiol groups is 1. The first-order valence-electron chi connectivity index (χ1n) is 3.62. The van der Waals surface area contributed by atoms with Gasteiger partial charge >= 0.3 is 0 Å². The zero-order valence-electron chi connectivity index (χ0n) is 5.58. The van der Waals surface area contributed by atoms with E-state index in [1.54, 1.807) is 0 Å². The van der Waals surface area contributed by atoms with E-state index < -0.39 is 0 Å². The summed E-state index contributed by atoms with van der Waals surface area (Å²) in [4.78, 5) is 0. The van der Waals surface area contributed by atoms with Gasteiger partial charge in [-0.25, -0.2) is 0 Å². The Bertz CT molecular complexity index is 77.0. The fourth-order valence-corrected chi connectivity index (χ4v) is 1.63. The van der Waals surface area contributed by atoms with Gasteiger partial charge in [-0.1, -0.05) is 0 Å². The Morgan fingerprint density at radius 1 is 1.22 bits per heavy atom. The van der Waals surface area contributed by atoms with Crippen molar-refractivity contribution in [1.82, 2.24) is 0 Å². The lowest BCUT2D eigenvalue weighted by Crippen LogP contribution is -2.16. The molecule has 1 saturated carbocycles. The molecule has 0 aromatic carbocycles. The van der Waals surface area contributed by atoms with Crippen molar-refractivity contribution in [2.75, 3.05) is 6.61 Å². The van der Waals surface area contributed by atoms with Crippen LogP contribution in [0.15, 0.2) is 0 Å². The molecule has 1 nitrogen and oxygen atoms in total. The molecular formula is C7H14OS. The molecule has 0 bridgehead atoms. The maximum absolute atomic E-state index is 8.75. The standard InChI is InChI=1S/C7H14OS/c8-5-6-1-3-7(9)4-2-6/h6-9H,1-5H2. The summed E-state index contributed by atoms with van der Waals surface area (Å²) in [5.41, 5.74) is 0. The Balaban J connectivity index is 2.18. The minimum atomic E-state index is 0.375. The molecule has 0 spiro atoms. The normalized spacial score (nSPS) is 36.7. The van der Waals surface area contributed by atoms with E-state index in [2.05, 4.69) is 12.6 Å². The maximum Gasteiger partial charge on any atom is 0.0459 e. The summed E-state index contributed by atoms with van der Waals surface area (Å²) in [5, 5.41) is 9.36. The summed E-state index contributed by atoms with van der Waals surface area (Å²) >= 11 is 4.36. The molecular weight excluding hydrogens is 132 g/mol. The van der Waals surface area contributed by atoms with Crippen molar-refractivity contribution in [3.8, 4) is 0 Å². The van der Waals surface area contributed by atoms with Gasteiger partial charge in [0.25, 0.3) is 0 Å². The molecule has 0 radical (unpaired) electrons. The lowest BCUT2D eigenvalue weighted by Gasteiger charge is -2.23. The number of rotatable bonds is 1. The quantitative estimate of drug-likeness (QED) is 0.537. The molecule has 0 heterocycles. The van der Waals surface area contributed by atoms with E-state index in [4.69, 9.17) is 5.11 Å². The first-order valence-corrected chi connectivity index (χ1v) is 4.13. The zero-order valence-corrected chi connectivity index (χ0v) is 6.48. The highest BCUT2D eigenvalue weighted by Crippen LogP contribution is 2.26. The van der Waals surface area contributed by atoms with E-state index in [0.29, 0.717) is 17.8 Å². The van der Waals surface area contributed by atoms with Gasteiger partial charge in [-0.2, -0.15) is 12.6 Å². The van der Waals surface area contributed by atoms with Crippen molar-refractivity contribution in [1.29, 1.82) is 0 Å². The van der Waals surface area contributed by atoms with Gasteiger partial charge in [0.1, 0.15) is 0 Å². The van der Waals surface area contributed by atoms with Crippen LogP contribution in [0, 0.1) is 5.92 Å². The van der Waals surface area contributed by atoms with Gasteiger partial charge in [-0.15, -0.1) is 0 Å². The van der Waals surface area contributed by atoms with Crippen LogP contribution in [-0.4, -0.2) is 17.0 Å². The fourth-order valence-electron chi connectivity index (χ4n) is 1.33. The Hall–Kier alpha value is 0.310. The third kappa shape index (κ3) is 2.18. The summed E-state index contributed by atoms with van der Waals surface area (Å²) < 4.78 is 0. The Labute approximate surface area is 61.9 Å². The Morgan fingerprint density at radius 2 is 1.78 bits per heavy atom. The molecule has 0 unspecified atom stereocenters. The van der Waals surface area contributed by atoms with E-state index in [1.165, 1.54) is 25.7 Å². The summed E-state index contributed by atoms with van der Waals surface area (Å²) in [7, 11) is 0. The highest BCUT2D eigenvalue weighted by molar-refractivity contribution is 7.80. The molecule has 0 amide bonds. The van der Waals surface area contributed by atoms with Crippen molar-refractivity contribution in [3.63, 3.8) is 0 Å². The van der Waals surface area contributed by atoms with Crippen molar-refractivity contribution >= 4 is 12.6 Å². The van der Waals surface area contributed by atoms with Crippen LogP contribution in [0.3, 0.4) is 0 Å². The highest BCUT2D eigenvalue weighted by atomic mass is 32.1. The van der Waals surface area contributed by atoms with Crippen molar-refractivity contribution < 1.29 is 5.11 Å². The molecule has 1 fully saturated rings. The lowest BCUT2D eigenvalue weighted by atomic mass is 9.90. The van der Waals surface area contributed by atoms with Crippen LogP contribution in [0.2, 0.25) is 0 Å². The molecule has 1 aliphatic carbocycles. The Morgan fingerprint density at radius 3 is 2.22 bits per heavy atom. The predicted molar refractivity (Wildman–Crippen MR) is 41.8 cm³/mol. The average Bonchev–Trinajstić information content (AvgIpc) is 1.90. The maximum atomic E-state index is 8.75. The number of aliphatic hydroxyl groups excluding tert-OH is 1. The van der Waals surface area contributed by atoms with Crippen molar-refractivity contribution in [2.45, 2.75) is 30.9 Å². The first-order chi connectivity index (χ1) is 4.33. The molecule has 54 valence electrons. The lowest BCUT2D eigenvalue weighted by molar-refractivity contribution is 0.192. The van der Waals surface area contributed by atoms with Gasteiger partial charge in [0.15, 0.2) is 0 Å². The number of hydrogen-bond donors (Lipinski definition) is 2. The minimum Gasteiger partial charge on any atom is -0.396 e. The van der Waals surface area contributed by atoms with E-state index in [-0.39, 0.29) is 0 Å². The molecule has 9 heavy (non-hydrogen) atoms. The van der Waals surface area contributed by atoms with Gasteiger partial charge < -0.3 is 5.11 Å². The molecule has 0 aromatic rings. The second-order valence-electron chi connectivity index (χ2n) is 2.86. The van der Waals surface area contributed by atoms with Crippen LogP contribution in [0.1, 0.15) is 25.7 Å². The van der Waals surface area contributed by atoms with Gasteiger partial charge in [-0.3, -0.25) is 0 Å². The summed E-state index contributed by atoms with van der Waals surface area (Å²) in [6, 6.07) is 0. The molecule has 0 aromatic heterocycles. The highest BCUT2D eigenvalue weighted by Gasteiger charge is 2.17. The molecule has 0 atom stereocenters. The minimum absolute atomic E-state index is 0.375. The van der Waals surface area contributed by atoms with Crippen LogP contribution >= 0.6 is 12.6 Å². The molecule has 0 aliphatic heterocycles. The third-order valence-electron chi connectivity index (χ3n) is 2.07. The molecule has 1 aliphatic rings. The second-order valence-corrected chi connectivity index (χ2v) is 3.59. The molecule has 2 heteroatoms. The largest absolute Gasteiger partial charge is 0.396 e. The van der Waals surface area contributed by atoms with Crippen LogP contribution in [0.5, 0.6) is 0 Å². The van der Waals surface area contributed by atoms with E-state index >= 15 is 0 Å². The van der Waals surface area contributed by atoms with Gasteiger partial charge in [0.05, 0.1) is 0 Å².